The average molecular weight is 260 g/mol. The highest BCUT2D eigenvalue weighted by Crippen LogP contribution is 2.24. The first-order valence-corrected chi connectivity index (χ1v) is 8.59. The Labute approximate surface area is 105 Å². The van der Waals surface area contributed by atoms with Gasteiger partial charge in [0.1, 0.15) is 0 Å². The molecule has 1 N–H and O–H groups in total. The monoisotopic (exact) mass is 260 g/mol. The first kappa shape index (κ1) is 13.3. The molecule has 4 nitrogen and oxygen atoms in total. The summed E-state index contributed by atoms with van der Waals surface area (Å²) >= 11 is 0. The van der Waals surface area contributed by atoms with Gasteiger partial charge in [-0.05, 0) is 38.3 Å². The van der Waals surface area contributed by atoms with Crippen LogP contribution in [0.2, 0.25) is 0 Å². The van der Waals surface area contributed by atoms with E-state index in [4.69, 9.17) is 0 Å². The number of sulfone groups is 1. The SMILES string of the molecule is CCS(=O)(=O)CCN1CCC2NCCCC2C1. The van der Waals surface area contributed by atoms with Crippen LogP contribution in [-0.2, 0) is 9.84 Å². The van der Waals surface area contributed by atoms with Crippen molar-refractivity contribution in [3.63, 3.8) is 0 Å². The van der Waals surface area contributed by atoms with Crippen LogP contribution in [0.1, 0.15) is 26.2 Å². The van der Waals surface area contributed by atoms with Crippen LogP contribution in [0.25, 0.3) is 0 Å². The highest BCUT2D eigenvalue weighted by molar-refractivity contribution is 7.91. The maximum absolute atomic E-state index is 11.5. The molecule has 2 unspecified atom stereocenters. The predicted molar refractivity (Wildman–Crippen MR) is 69.9 cm³/mol. The summed E-state index contributed by atoms with van der Waals surface area (Å²) in [7, 11) is -2.81. The zero-order valence-electron chi connectivity index (χ0n) is 10.7. The van der Waals surface area contributed by atoms with Crippen LogP contribution in [0.5, 0.6) is 0 Å². The standard InChI is InChI=1S/C12H24N2O2S/c1-2-17(15,16)9-8-14-7-5-12-11(10-14)4-3-6-13-12/h11-13H,2-10H2,1H3. The van der Waals surface area contributed by atoms with E-state index in [9.17, 15) is 8.42 Å². The second-order valence-electron chi connectivity index (χ2n) is 5.29. The molecule has 100 valence electrons. The Kier molecular flexibility index (Phi) is 4.44. The van der Waals surface area contributed by atoms with Crippen molar-refractivity contribution in [2.75, 3.05) is 37.7 Å². The van der Waals surface area contributed by atoms with Gasteiger partial charge in [-0.15, -0.1) is 0 Å². The molecule has 2 rings (SSSR count). The van der Waals surface area contributed by atoms with Gasteiger partial charge in [-0.2, -0.15) is 0 Å². The smallest absolute Gasteiger partial charge is 0.151 e. The minimum atomic E-state index is -2.81. The van der Waals surface area contributed by atoms with Crippen LogP contribution in [-0.4, -0.2) is 57.0 Å². The van der Waals surface area contributed by atoms with Gasteiger partial charge in [0.25, 0.3) is 0 Å². The van der Waals surface area contributed by atoms with E-state index in [2.05, 4.69) is 10.2 Å². The summed E-state index contributed by atoms with van der Waals surface area (Å²) in [5.74, 6) is 1.34. The van der Waals surface area contributed by atoms with Gasteiger partial charge in [0.15, 0.2) is 9.84 Å². The highest BCUT2D eigenvalue weighted by atomic mass is 32.2. The number of fused-ring (bicyclic) bond motifs is 1. The van der Waals surface area contributed by atoms with Crippen LogP contribution in [0.3, 0.4) is 0 Å². The molecule has 0 aromatic heterocycles. The van der Waals surface area contributed by atoms with Gasteiger partial charge in [-0.1, -0.05) is 6.92 Å². The summed E-state index contributed by atoms with van der Waals surface area (Å²) in [6.45, 7) is 5.74. The minimum Gasteiger partial charge on any atom is -0.314 e. The fourth-order valence-corrected chi connectivity index (χ4v) is 3.76. The van der Waals surface area contributed by atoms with Crippen LogP contribution >= 0.6 is 0 Å². The van der Waals surface area contributed by atoms with Crippen molar-refractivity contribution in [2.45, 2.75) is 32.2 Å². The maximum Gasteiger partial charge on any atom is 0.151 e. The molecule has 2 saturated heterocycles. The second kappa shape index (κ2) is 5.67. The third-order valence-corrected chi connectivity index (χ3v) is 5.82. The van der Waals surface area contributed by atoms with Crippen molar-refractivity contribution in [2.24, 2.45) is 5.92 Å². The fourth-order valence-electron chi connectivity index (χ4n) is 2.94. The van der Waals surface area contributed by atoms with E-state index >= 15 is 0 Å². The van der Waals surface area contributed by atoms with Gasteiger partial charge < -0.3 is 10.2 Å². The first-order chi connectivity index (χ1) is 8.11. The summed E-state index contributed by atoms with van der Waals surface area (Å²) in [6, 6.07) is 0.683. The van der Waals surface area contributed by atoms with Gasteiger partial charge in [0.05, 0.1) is 5.75 Å². The number of hydrogen-bond acceptors (Lipinski definition) is 4. The van der Waals surface area contributed by atoms with Gasteiger partial charge in [0, 0.05) is 24.9 Å². The van der Waals surface area contributed by atoms with Gasteiger partial charge in [0.2, 0.25) is 0 Å². The van der Waals surface area contributed by atoms with Gasteiger partial charge in [-0.25, -0.2) is 8.42 Å². The Morgan fingerprint density at radius 1 is 1.35 bits per heavy atom. The normalized spacial score (nSPS) is 31.1. The molecule has 0 amide bonds. The molecule has 2 heterocycles. The Morgan fingerprint density at radius 2 is 2.18 bits per heavy atom. The van der Waals surface area contributed by atoms with Gasteiger partial charge in [-0.3, -0.25) is 0 Å². The minimum absolute atomic E-state index is 0.272. The summed E-state index contributed by atoms with van der Waals surface area (Å²) in [5, 5.41) is 3.58. The first-order valence-electron chi connectivity index (χ1n) is 6.77. The lowest BCUT2D eigenvalue weighted by Gasteiger charge is -2.41. The van der Waals surface area contributed by atoms with Crippen molar-refractivity contribution in [3.8, 4) is 0 Å². The third-order valence-electron chi connectivity index (χ3n) is 4.13. The maximum atomic E-state index is 11.5. The summed E-state index contributed by atoms with van der Waals surface area (Å²) < 4.78 is 23.0. The molecule has 0 radical (unpaired) electrons. The Morgan fingerprint density at radius 3 is 2.94 bits per heavy atom. The summed E-state index contributed by atoms with van der Waals surface area (Å²) in [6.07, 6.45) is 3.74. The lowest BCUT2D eigenvalue weighted by Crippen LogP contribution is -2.52. The number of hydrogen-bond donors (Lipinski definition) is 1. The topological polar surface area (TPSA) is 49.4 Å². The zero-order valence-corrected chi connectivity index (χ0v) is 11.5. The van der Waals surface area contributed by atoms with E-state index in [0.717, 1.165) is 32.1 Å². The average Bonchev–Trinajstić information content (AvgIpc) is 2.36. The molecule has 0 aromatic rings. The fraction of sp³-hybridized carbons (Fsp3) is 1.00. The third kappa shape index (κ3) is 3.66. The van der Waals surface area contributed by atoms with Crippen LogP contribution in [0.15, 0.2) is 0 Å². The highest BCUT2D eigenvalue weighted by Gasteiger charge is 2.30. The summed E-state index contributed by atoms with van der Waals surface area (Å²) in [4.78, 5) is 2.33. The van der Waals surface area contributed by atoms with Crippen molar-refractivity contribution in [1.82, 2.24) is 10.2 Å². The lowest BCUT2D eigenvalue weighted by atomic mass is 9.85. The molecule has 0 spiro atoms. The predicted octanol–water partition coefficient (Wildman–Crippen LogP) is 0.495. The second-order valence-corrected chi connectivity index (χ2v) is 7.76. The number of likely N-dealkylation sites (tertiary alicyclic amines) is 1. The van der Waals surface area contributed by atoms with E-state index in [0.29, 0.717) is 11.8 Å². The molecular formula is C12H24N2O2S. The number of rotatable bonds is 4. The molecule has 2 atom stereocenters. The zero-order chi connectivity index (χ0) is 12.3. The summed E-state index contributed by atoms with van der Waals surface area (Å²) in [5.41, 5.74) is 0. The molecular weight excluding hydrogens is 236 g/mol. The molecule has 2 aliphatic heterocycles. The van der Waals surface area contributed by atoms with Crippen molar-refractivity contribution >= 4 is 9.84 Å². The van der Waals surface area contributed by atoms with Crippen LogP contribution in [0.4, 0.5) is 0 Å². The van der Waals surface area contributed by atoms with Crippen molar-refractivity contribution in [1.29, 1.82) is 0 Å². The molecule has 2 fully saturated rings. The number of nitrogens with zero attached hydrogens (tertiary/aromatic N) is 1. The van der Waals surface area contributed by atoms with E-state index < -0.39 is 9.84 Å². The lowest BCUT2D eigenvalue weighted by molar-refractivity contribution is 0.119. The van der Waals surface area contributed by atoms with E-state index in [1.807, 2.05) is 0 Å². The molecule has 0 aromatic carbocycles. The Hall–Kier alpha value is -0.130. The Bertz CT molecular complexity index is 342. The van der Waals surface area contributed by atoms with E-state index in [-0.39, 0.29) is 5.75 Å². The largest absolute Gasteiger partial charge is 0.314 e. The molecule has 5 heteroatoms. The van der Waals surface area contributed by atoms with E-state index in [1.54, 1.807) is 6.92 Å². The molecule has 0 bridgehead atoms. The molecule has 2 aliphatic rings. The number of nitrogens with one attached hydrogen (secondary N) is 1. The molecule has 17 heavy (non-hydrogen) atoms. The van der Waals surface area contributed by atoms with E-state index in [1.165, 1.54) is 19.3 Å². The Balaban J connectivity index is 1.80. The van der Waals surface area contributed by atoms with Gasteiger partial charge >= 0.3 is 0 Å². The van der Waals surface area contributed by atoms with Crippen LogP contribution in [0, 0.1) is 5.92 Å². The number of piperidine rings is 2. The van der Waals surface area contributed by atoms with Crippen LogP contribution < -0.4 is 5.32 Å². The molecule has 0 saturated carbocycles. The quantitative estimate of drug-likeness (QED) is 0.799. The molecule has 0 aliphatic carbocycles. The van der Waals surface area contributed by atoms with Crippen molar-refractivity contribution in [3.05, 3.63) is 0 Å². The van der Waals surface area contributed by atoms with Crippen molar-refractivity contribution < 1.29 is 8.42 Å².